The Morgan fingerprint density at radius 3 is 2.20 bits per heavy atom. The summed E-state index contributed by atoms with van der Waals surface area (Å²) in [5.74, 6) is -1.43. The summed E-state index contributed by atoms with van der Waals surface area (Å²) in [4.78, 5) is 0. The molecule has 0 aromatic heterocycles. The minimum absolute atomic E-state index is 0.246. The number of methoxy groups -OCH3 is 1. The van der Waals surface area contributed by atoms with Gasteiger partial charge >= 0.3 is 0 Å². The van der Waals surface area contributed by atoms with Gasteiger partial charge in [0, 0.05) is 0 Å². The van der Waals surface area contributed by atoms with E-state index < -0.39 is 23.5 Å². The van der Waals surface area contributed by atoms with Crippen LogP contribution < -0.4 is 9.47 Å². The van der Waals surface area contributed by atoms with Crippen LogP contribution in [0.25, 0.3) is 0 Å². The van der Waals surface area contributed by atoms with E-state index >= 15 is 0 Å². The van der Waals surface area contributed by atoms with E-state index in [0.717, 1.165) is 12.1 Å². The summed E-state index contributed by atoms with van der Waals surface area (Å²) in [6.45, 7) is -0.246. The molecule has 1 N–H and O–H groups in total. The number of hydrogen-bond acceptors (Lipinski definition) is 3. The molecule has 1 unspecified atom stereocenters. The number of halogens is 2. The van der Waals surface area contributed by atoms with E-state index in [-0.39, 0.29) is 6.61 Å². The second-order valence-electron chi connectivity index (χ2n) is 4.15. The highest BCUT2D eigenvalue weighted by Crippen LogP contribution is 2.23. The lowest BCUT2D eigenvalue weighted by Crippen LogP contribution is -2.11. The largest absolute Gasteiger partial charge is 0.497 e. The van der Waals surface area contributed by atoms with Gasteiger partial charge in [0.25, 0.3) is 0 Å². The zero-order chi connectivity index (χ0) is 14.5. The van der Waals surface area contributed by atoms with E-state index in [0.29, 0.717) is 11.3 Å². The van der Waals surface area contributed by atoms with Crippen molar-refractivity contribution in [3.05, 3.63) is 59.7 Å². The smallest absolute Gasteiger partial charge is 0.190 e. The highest BCUT2D eigenvalue weighted by atomic mass is 19.1. The monoisotopic (exact) mass is 280 g/mol. The molecule has 1 atom stereocenters. The standard InChI is InChI=1S/C15H14F2O3/c1-19-11-7-5-10(6-8-11)14(18)9-20-15-12(16)3-2-4-13(15)17/h2-8,14,18H,9H2,1H3. The van der Waals surface area contributed by atoms with Gasteiger partial charge in [-0.1, -0.05) is 18.2 Å². The number of rotatable bonds is 5. The molecule has 0 spiro atoms. The van der Waals surface area contributed by atoms with Gasteiger partial charge in [-0.05, 0) is 29.8 Å². The first-order chi connectivity index (χ1) is 9.61. The van der Waals surface area contributed by atoms with Gasteiger partial charge in [0.05, 0.1) is 7.11 Å². The molecule has 106 valence electrons. The molecule has 3 nitrogen and oxygen atoms in total. The van der Waals surface area contributed by atoms with Gasteiger partial charge in [0.1, 0.15) is 18.5 Å². The lowest BCUT2D eigenvalue weighted by Gasteiger charge is -2.14. The first kappa shape index (κ1) is 14.3. The first-order valence-corrected chi connectivity index (χ1v) is 6.00. The molecule has 0 aliphatic rings. The summed E-state index contributed by atoms with van der Waals surface area (Å²) < 4.78 is 36.7. The van der Waals surface area contributed by atoms with Gasteiger partial charge in [-0.2, -0.15) is 0 Å². The molecule has 0 fully saturated rings. The quantitative estimate of drug-likeness (QED) is 0.914. The predicted octanol–water partition coefficient (Wildman–Crippen LogP) is 3.09. The molecule has 0 heterocycles. The fraction of sp³-hybridized carbons (Fsp3) is 0.200. The second-order valence-corrected chi connectivity index (χ2v) is 4.15. The molecule has 0 saturated carbocycles. The normalized spacial score (nSPS) is 12.0. The van der Waals surface area contributed by atoms with Crippen molar-refractivity contribution in [1.29, 1.82) is 0 Å². The van der Waals surface area contributed by atoms with Gasteiger partial charge in [0.2, 0.25) is 0 Å². The molecular formula is C15H14F2O3. The molecular weight excluding hydrogens is 266 g/mol. The van der Waals surface area contributed by atoms with Gasteiger partial charge in [-0.25, -0.2) is 8.78 Å². The minimum atomic E-state index is -0.986. The van der Waals surface area contributed by atoms with Crippen LogP contribution in [0.2, 0.25) is 0 Å². The Balaban J connectivity index is 2.02. The maximum Gasteiger partial charge on any atom is 0.190 e. The molecule has 5 heteroatoms. The van der Waals surface area contributed by atoms with Crippen molar-refractivity contribution in [2.24, 2.45) is 0 Å². The molecule has 0 radical (unpaired) electrons. The topological polar surface area (TPSA) is 38.7 Å². The number of hydrogen-bond donors (Lipinski definition) is 1. The number of ether oxygens (including phenoxy) is 2. The molecule has 0 saturated heterocycles. The van der Waals surface area contributed by atoms with Gasteiger partial charge in [0.15, 0.2) is 17.4 Å². The van der Waals surface area contributed by atoms with Crippen LogP contribution in [0.5, 0.6) is 11.5 Å². The zero-order valence-electron chi connectivity index (χ0n) is 10.8. The summed E-state index contributed by atoms with van der Waals surface area (Å²) in [6.07, 6.45) is -0.986. The van der Waals surface area contributed by atoms with E-state index in [2.05, 4.69) is 0 Å². The van der Waals surface area contributed by atoms with Crippen molar-refractivity contribution in [2.75, 3.05) is 13.7 Å². The fourth-order valence-corrected chi connectivity index (χ4v) is 1.70. The molecule has 0 bridgehead atoms. The lowest BCUT2D eigenvalue weighted by molar-refractivity contribution is 0.103. The van der Waals surface area contributed by atoms with E-state index in [4.69, 9.17) is 9.47 Å². The van der Waals surface area contributed by atoms with Crippen LogP contribution in [0.3, 0.4) is 0 Å². The summed E-state index contributed by atoms with van der Waals surface area (Å²) >= 11 is 0. The van der Waals surface area contributed by atoms with Crippen LogP contribution >= 0.6 is 0 Å². The van der Waals surface area contributed by atoms with E-state index in [1.54, 1.807) is 24.3 Å². The van der Waals surface area contributed by atoms with Crippen molar-refractivity contribution in [3.63, 3.8) is 0 Å². The highest BCUT2D eigenvalue weighted by molar-refractivity contribution is 5.29. The third-order valence-corrected chi connectivity index (χ3v) is 2.81. The Kier molecular flexibility index (Phi) is 4.53. The SMILES string of the molecule is COc1ccc(C(O)COc2c(F)cccc2F)cc1. The highest BCUT2D eigenvalue weighted by Gasteiger charge is 2.13. The lowest BCUT2D eigenvalue weighted by atomic mass is 10.1. The third-order valence-electron chi connectivity index (χ3n) is 2.81. The van der Waals surface area contributed by atoms with Gasteiger partial charge in [-0.3, -0.25) is 0 Å². The number of aliphatic hydroxyl groups is 1. The Bertz CT molecular complexity index is 550. The van der Waals surface area contributed by atoms with E-state index in [9.17, 15) is 13.9 Å². The van der Waals surface area contributed by atoms with Gasteiger partial charge < -0.3 is 14.6 Å². The average molecular weight is 280 g/mol. The van der Waals surface area contributed by atoms with Crippen LogP contribution in [0, 0.1) is 11.6 Å². The Hall–Kier alpha value is -2.14. The summed E-state index contributed by atoms with van der Waals surface area (Å²) in [7, 11) is 1.54. The molecule has 2 rings (SSSR count). The van der Waals surface area contributed by atoms with Crippen LogP contribution in [-0.2, 0) is 0 Å². The van der Waals surface area contributed by atoms with Crippen LogP contribution in [0.15, 0.2) is 42.5 Å². The van der Waals surface area contributed by atoms with Gasteiger partial charge in [-0.15, -0.1) is 0 Å². The van der Waals surface area contributed by atoms with Crippen LogP contribution in [0.4, 0.5) is 8.78 Å². The predicted molar refractivity (Wildman–Crippen MR) is 69.8 cm³/mol. The summed E-state index contributed by atoms with van der Waals surface area (Å²) in [5.41, 5.74) is 0.572. The number of benzene rings is 2. The van der Waals surface area contributed by atoms with Crippen molar-refractivity contribution in [2.45, 2.75) is 6.10 Å². The number of para-hydroxylation sites is 1. The third kappa shape index (κ3) is 3.24. The second kappa shape index (κ2) is 6.34. The van der Waals surface area contributed by atoms with Crippen LogP contribution in [0.1, 0.15) is 11.7 Å². The van der Waals surface area contributed by atoms with Crippen molar-refractivity contribution < 1.29 is 23.4 Å². The van der Waals surface area contributed by atoms with Crippen molar-refractivity contribution >= 4 is 0 Å². The molecule has 0 aliphatic heterocycles. The Morgan fingerprint density at radius 1 is 1.05 bits per heavy atom. The van der Waals surface area contributed by atoms with Crippen molar-refractivity contribution in [3.8, 4) is 11.5 Å². The minimum Gasteiger partial charge on any atom is -0.497 e. The Labute approximate surface area is 115 Å². The van der Waals surface area contributed by atoms with E-state index in [1.165, 1.54) is 13.2 Å². The average Bonchev–Trinajstić information content (AvgIpc) is 2.46. The fourth-order valence-electron chi connectivity index (χ4n) is 1.70. The molecule has 0 amide bonds. The number of aliphatic hydroxyl groups excluding tert-OH is 1. The Morgan fingerprint density at radius 2 is 1.65 bits per heavy atom. The zero-order valence-corrected chi connectivity index (χ0v) is 10.8. The van der Waals surface area contributed by atoms with Crippen LogP contribution in [-0.4, -0.2) is 18.8 Å². The summed E-state index contributed by atoms with van der Waals surface area (Å²) in [6, 6.07) is 10.1. The molecule has 2 aromatic carbocycles. The molecule has 2 aromatic rings. The maximum atomic E-state index is 13.3. The summed E-state index contributed by atoms with van der Waals surface area (Å²) in [5, 5.41) is 9.92. The van der Waals surface area contributed by atoms with E-state index in [1.807, 2.05) is 0 Å². The molecule has 20 heavy (non-hydrogen) atoms. The molecule has 0 aliphatic carbocycles. The van der Waals surface area contributed by atoms with Crippen molar-refractivity contribution in [1.82, 2.24) is 0 Å². The first-order valence-electron chi connectivity index (χ1n) is 6.00. The maximum absolute atomic E-state index is 13.3.